The van der Waals surface area contributed by atoms with E-state index in [0.717, 1.165) is 38.2 Å². The van der Waals surface area contributed by atoms with Gasteiger partial charge in [-0.2, -0.15) is 0 Å². The summed E-state index contributed by atoms with van der Waals surface area (Å²) in [6.07, 6.45) is 7.11. The zero-order valence-corrected chi connectivity index (χ0v) is 13.1. The Morgan fingerprint density at radius 3 is 2.68 bits per heavy atom. The van der Waals surface area contributed by atoms with Crippen LogP contribution < -0.4 is 5.32 Å². The number of imidazole rings is 1. The van der Waals surface area contributed by atoms with Crippen molar-refractivity contribution in [1.82, 2.24) is 14.9 Å². The summed E-state index contributed by atoms with van der Waals surface area (Å²) in [7, 11) is 1.78. The Bertz CT molecular complexity index is 360. The van der Waals surface area contributed by atoms with Gasteiger partial charge in [-0.25, -0.2) is 4.98 Å². The summed E-state index contributed by atoms with van der Waals surface area (Å²) < 4.78 is 7.89. The number of rotatable bonds is 9. The SMILES string of the molecule is CCCNC(Cc1nccn1CCC)C(C)(C)OC. The van der Waals surface area contributed by atoms with Crippen LogP contribution in [0.1, 0.15) is 46.4 Å². The molecule has 0 saturated heterocycles. The average molecular weight is 267 g/mol. The van der Waals surface area contributed by atoms with E-state index >= 15 is 0 Å². The molecular weight excluding hydrogens is 238 g/mol. The lowest BCUT2D eigenvalue weighted by Gasteiger charge is -2.34. The number of methoxy groups -OCH3 is 1. The van der Waals surface area contributed by atoms with Gasteiger partial charge in [0.1, 0.15) is 5.82 Å². The molecular formula is C15H29N3O. The van der Waals surface area contributed by atoms with E-state index in [4.69, 9.17) is 4.74 Å². The zero-order chi connectivity index (χ0) is 14.3. The first-order chi connectivity index (χ1) is 9.05. The summed E-state index contributed by atoms with van der Waals surface area (Å²) in [4.78, 5) is 4.50. The van der Waals surface area contributed by atoms with Crippen LogP contribution in [0.3, 0.4) is 0 Å². The minimum atomic E-state index is -0.196. The predicted molar refractivity (Wildman–Crippen MR) is 79.4 cm³/mol. The highest BCUT2D eigenvalue weighted by Gasteiger charge is 2.30. The van der Waals surface area contributed by atoms with Crippen molar-refractivity contribution >= 4 is 0 Å². The molecule has 0 amide bonds. The summed E-state index contributed by atoms with van der Waals surface area (Å²) >= 11 is 0. The summed E-state index contributed by atoms with van der Waals surface area (Å²) in [5.74, 6) is 1.14. The summed E-state index contributed by atoms with van der Waals surface area (Å²) in [6, 6.07) is 0.274. The van der Waals surface area contributed by atoms with Crippen LogP contribution >= 0.6 is 0 Å². The minimum absolute atomic E-state index is 0.196. The second-order valence-electron chi connectivity index (χ2n) is 5.56. The molecule has 1 rings (SSSR count). The fourth-order valence-corrected chi connectivity index (χ4v) is 2.18. The molecule has 110 valence electrons. The van der Waals surface area contributed by atoms with Crippen LogP contribution in [-0.2, 0) is 17.7 Å². The van der Waals surface area contributed by atoms with E-state index in [1.165, 1.54) is 0 Å². The Labute approximate surface area is 117 Å². The van der Waals surface area contributed by atoms with E-state index < -0.39 is 0 Å². The normalized spacial score (nSPS) is 13.7. The molecule has 4 nitrogen and oxygen atoms in total. The molecule has 0 spiro atoms. The van der Waals surface area contributed by atoms with Crippen molar-refractivity contribution in [2.45, 2.75) is 65.1 Å². The van der Waals surface area contributed by atoms with E-state index in [9.17, 15) is 0 Å². The molecule has 4 heteroatoms. The van der Waals surface area contributed by atoms with Gasteiger partial charge in [-0.05, 0) is 33.2 Å². The number of ether oxygens (including phenoxy) is 1. The van der Waals surface area contributed by atoms with Gasteiger partial charge in [0.05, 0.1) is 5.60 Å². The second-order valence-corrected chi connectivity index (χ2v) is 5.56. The summed E-state index contributed by atoms with van der Waals surface area (Å²) in [5.41, 5.74) is -0.196. The van der Waals surface area contributed by atoms with Crippen molar-refractivity contribution in [3.05, 3.63) is 18.2 Å². The molecule has 0 saturated carbocycles. The van der Waals surface area contributed by atoms with Gasteiger partial charge in [-0.1, -0.05) is 13.8 Å². The van der Waals surface area contributed by atoms with Crippen LogP contribution in [-0.4, -0.2) is 34.8 Å². The fourth-order valence-electron chi connectivity index (χ4n) is 2.18. The van der Waals surface area contributed by atoms with Crippen molar-refractivity contribution in [2.75, 3.05) is 13.7 Å². The predicted octanol–water partition coefficient (Wildman–Crippen LogP) is 2.63. The molecule has 1 aromatic rings. The number of hydrogen-bond donors (Lipinski definition) is 1. The van der Waals surface area contributed by atoms with Gasteiger partial charge in [0, 0.05) is 38.5 Å². The maximum Gasteiger partial charge on any atom is 0.110 e. The van der Waals surface area contributed by atoms with Gasteiger partial charge in [0.2, 0.25) is 0 Å². The number of aryl methyl sites for hydroxylation is 1. The Morgan fingerprint density at radius 2 is 2.11 bits per heavy atom. The van der Waals surface area contributed by atoms with E-state index in [0.29, 0.717) is 0 Å². The number of nitrogens with one attached hydrogen (secondary N) is 1. The molecule has 0 bridgehead atoms. The van der Waals surface area contributed by atoms with Crippen molar-refractivity contribution < 1.29 is 4.74 Å². The Balaban J connectivity index is 2.78. The van der Waals surface area contributed by atoms with Gasteiger partial charge in [0.25, 0.3) is 0 Å². The molecule has 0 aliphatic heterocycles. The Hall–Kier alpha value is -0.870. The van der Waals surface area contributed by atoms with Crippen molar-refractivity contribution in [2.24, 2.45) is 0 Å². The first-order valence-corrected chi connectivity index (χ1v) is 7.33. The lowest BCUT2D eigenvalue weighted by molar-refractivity contribution is -0.0107. The number of hydrogen-bond acceptors (Lipinski definition) is 3. The smallest absolute Gasteiger partial charge is 0.110 e. The van der Waals surface area contributed by atoms with Crippen LogP contribution in [0.2, 0.25) is 0 Å². The van der Waals surface area contributed by atoms with Crippen LogP contribution in [0.15, 0.2) is 12.4 Å². The molecule has 0 radical (unpaired) electrons. The van der Waals surface area contributed by atoms with Crippen molar-refractivity contribution in [1.29, 1.82) is 0 Å². The molecule has 19 heavy (non-hydrogen) atoms. The van der Waals surface area contributed by atoms with Gasteiger partial charge >= 0.3 is 0 Å². The maximum atomic E-state index is 5.65. The molecule has 1 heterocycles. The molecule has 1 unspecified atom stereocenters. The molecule has 0 aliphatic rings. The monoisotopic (exact) mass is 267 g/mol. The molecule has 0 aliphatic carbocycles. The highest BCUT2D eigenvalue weighted by molar-refractivity contribution is 5.00. The van der Waals surface area contributed by atoms with Crippen molar-refractivity contribution in [3.8, 4) is 0 Å². The zero-order valence-electron chi connectivity index (χ0n) is 13.1. The third-order valence-electron chi connectivity index (χ3n) is 3.66. The largest absolute Gasteiger partial charge is 0.377 e. The van der Waals surface area contributed by atoms with Crippen LogP contribution in [0.5, 0.6) is 0 Å². The van der Waals surface area contributed by atoms with Gasteiger partial charge in [-0.15, -0.1) is 0 Å². The summed E-state index contributed by atoms with van der Waals surface area (Å²) in [5, 5.41) is 3.59. The quantitative estimate of drug-likeness (QED) is 0.747. The van der Waals surface area contributed by atoms with Gasteiger partial charge < -0.3 is 14.6 Å². The van der Waals surface area contributed by atoms with E-state index in [2.05, 4.69) is 48.8 Å². The van der Waals surface area contributed by atoms with E-state index in [-0.39, 0.29) is 11.6 Å². The van der Waals surface area contributed by atoms with E-state index in [1.54, 1.807) is 7.11 Å². The highest BCUT2D eigenvalue weighted by atomic mass is 16.5. The Kier molecular flexibility index (Phi) is 6.52. The van der Waals surface area contributed by atoms with Crippen LogP contribution in [0.4, 0.5) is 0 Å². The molecule has 1 atom stereocenters. The topological polar surface area (TPSA) is 39.1 Å². The van der Waals surface area contributed by atoms with Crippen molar-refractivity contribution in [3.63, 3.8) is 0 Å². The first-order valence-electron chi connectivity index (χ1n) is 7.33. The maximum absolute atomic E-state index is 5.65. The van der Waals surface area contributed by atoms with Gasteiger partial charge in [0.15, 0.2) is 0 Å². The fraction of sp³-hybridized carbons (Fsp3) is 0.800. The minimum Gasteiger partial charge on any atom is -0.377 e. The van der Waals surface area contributed by atoms with Gasteiger partial charge in [-0.3, -0.25) is 0 Å². The van der Waals surface area contributed by atoms with E-state index in [1.807, 2.05) is 6.20 Å². The lowest BCUT2D eigenvalue weighted by Crippen LogP contribution is -2.50. The molecule has 0 fully saturated rings. The summed E-state index contributed by atoms with van der Waals surface area (Å²) in [6.45, 7) is 10.7. The second kappa shape index (κ2) is 7.65. The standard InChI is InChI=1S/C15H29N3O/c1-6-8-16-13(15(3,4)19-5)12-14-17-9-11-18(14)10-7-2/h9,11,13,16H,6-8,10,12H2,1-5H3. The average Bonchev–Trinajstić information content (AvgIpc) is 2.82. The number of nitrogens with zero attached hydrogens (tertiary/aromatic N) is 2. The molecule has 0 aromatic carbocycles. The van der Waals surface area contributed by atoms with Crippen LogP contribution in [0, 0.1) is 0 Å². The van der Waals surface area contributed by atoms with Crippen LogP contribution in [0.25, 0.3) is 0 Å². The highest BCUT2D eigenvalue weighted by Crippen LogP contribution is 2.18. The number of aromatic nitrogens is 2. The third-order valence-corrected chi connectivity index (χ3v) is 3.66. The third kappa shape index (κ3) is 4.62. The molecule has 1 N–H and O–H groups in total. The Morgan fingerprint density at radius 1 is 1.37 bits per heavy atom. The molecule has 1 aromatic heterocycles. The lowest BCUT2D eigenvalue weighted by atomic mass is 9.95. The first kappa shape index (κ1) is 16.2.